The Morgan fingerprint density at radius 1 is 1.22 bits per heavy atom. The van der Waals surface area contributed by atoms with Gasteiger partial charge in [0.2, 0.25) is 0 Å². The zero-order valence-corrected chi connectivity index (χ0v) is 17.8. The van der Waals surface area contributed by atoms with E-state index in [1.54, 1.807) is 16.7 Å². The molecular weight excluding hydrogens is 326 g/mol. The van der Waals surface area contributed by atoms with Gasteiger partial charge in [-0.1, -0.05) is 49.8 Å². The Morgan fingerprint density at radius 3 is 2.67 bits per heavy atom. The van der Waals surface area contributed by atoms with Crippen molar-refractivity contribution >= 4 is 0 Å². The number of nitrogens with two attached hydrogens (primary N) is 1. The molecule has 1 nitrogen and oxygen atoms in total. The predicted molar refractivity (Wildman–Crippen MR) is 120 cm³/mol. The highest BCUT2D eigenvalue weighted by Gasteiger charge is 2.52. The molecule has 0 amide bonds. The fourth-order valence-electron chi connectivity index (χ4n) is 5.64. The average molecular weight is 366 g/mol. The van der Waals surface area contributed by atoms with Crippen LogP contribution >= 0.6 is 0 Å². The topological polar surface area (TPSA) is 26.0 Å². The summed E-state index contributed by atoms with van der Waals surface area (Å²) in [7, 11) is 0. The van der Waals surface area contributed by atoms with Crippen LogP contribution < -0.4 is 5.73 Å². The summed E-state index contributed by atoms with van der Waals surface area (Å²) < 4.78 is 0. The summed E-state index contributed by atoms with van der Waals surface area (Å²) in [5.41, 5.74) is 13.3. The highest BCUT2D eigenvalue weighted by Crippen LogP contribution is 2.56. The number of allylic oxidation sites excluding steroid dienone is 3. The monoisotopic (exact) mass is 365 g/mol. The van der Waals surface area contributed by atoms with Gasteiger partial charge in [0.25, 0.3) is 0 Å². The first-order chi connectivity index (χ1) is 13.1. The van der Waals surface area contributed by atoms with Crippen LogP contribution in [0.1, 0.15) is 75.5 Å². The molecule has 2 N–H and O–H groups in total. The Morgan fingerprint density at radius 2 is 1.96 bits per heavy atom. The minimum atomic E-state index is 0.0206. The Balaban J connectivity index is 0.000000614. The van der Waals surface area contributed by atoms with E-state index in [4.69, 9.17) is 5.73 Å². The molecule has 1 aromatic carbocycles. The molecule has 0 radical (unpaired) electrons. The van der Waals surface area contributed by atoms with E-state index in [-0.39, 0.29) is 5.54 Å². The molecule has 0 aromatic heterocycles. The Bertz CT molecular complexity index is 671. The van der Waals surface area contributed by atoms with Gasteiger partial charge in [-0.15, -0.1) is 19.7 Å². The second-order valence-corrected chi connectivity index (χ2v) is 8.00. The Hall–Kier alpha value is -1.60. The fraction of sp³-hybridized carbons (Fsp3) is 0.538. The molecule has 0 aliphatic heterocycles. The molecule has 0 spiro atoms. The second-order valence-electron chi connectivity index (χ2n) is 8.00. The van der Waals surface area contributed by atoms with E-state index in [9.17, 15) is 0 Å². The highest BCUT2D eigenvalue weighted by molar-refractivity contribution is 5.41. The lowest BCUT2D eigenvalue weighted by atomic mass is 9.55. The van der Waals surface area contributed by atoms with Gasteiger partial charge < -0.3 is 5.73 Å². The number of hydrogen-bond acceptors (Lipinski definition) is 1. The van der Waals surface area contributed by atoms with Crippen LogP contribution in [-0.4, -0.2) is 5.54 Å². The summed E-state index contributed by atoms with van der Waals surface area (Å²) in [6.07, 6.45) is 12.8. The molecule has 148 valence electrons. The van der Waals surface area contributed by atoms with Crippen molar-refractivity contribution in [2.75, 3.05) is 0 Å². The summed E-state index contributed by atoms with van der Waals surface area (Å²) in [5.74, 6) is 2.00. The zero-order valence-electron chi connectivity index (χ0n) is 17.8. The van der Waals surface area contributed by atoms with Gasteiger partial charge in [-0.25, -0.2) is 0 Å². The number of benzene rings is 1. The molecule has 1 heteroatoms. The lowest BCUT2D eigenvalue weighted by molar-refractivity contribution is 0.107. The molecule has 3 aliphatic rings. The molecule has 4 atom stereocenters. The van der Waals surface area contributed by atoms with Gasteiger partial charge in [0.05, 0.1) is 0 Å². The van der Waals surface area contributed by atoms with Gasteiger partial charge in [-0.2, -0.15) is 0 Å². The third kappa shape index (κ3) is 3.99. The first-order valence-electron chi connectivity index (χ1n) is 10.8. The minimum Gasteiger partial charge on any atom is -0.324 e. The van der Waals surface area contributed by atoms with Gasteiger partial charge in [0.1, 0.15) is 0 Å². The molecule has 3 aliphatic carbocycles. The van der Waals surface area contributed by atoms with Gasteiger partial charge in [0.15, 0.2) is 0 Å². The molecule has 1 saturated carbocycles. The standard InChI is InChI=1S/C22H29N.C2H6.C2H4/c1-3-4-5-16-7-8-19-17(14-16)12-13-22(23)20-10-6-15(2)18(20)9-11-21(19)22;2*1-2/h3,6-8,14,18,20-21H,1,4-5,9-13,23H2,2H3;1-2H3;1-2H2. The maximum atomic E-state index is 7.10. The van der Waals surface area contributed by atoms with Crippen LogP contribution in [-0.2, 0) is 12.8 Å². The van der Waals surface area contributed by atoms with Crippen molar-refractivity contribution in [1.29, 1.82) is 0 Å². The lowest BCUT2D eigenvalue weighted by Crippen LogP contribution is -2.58. The van der Waals surface area contributed by atoms with E-state index in [0.29, 0.717) is 11.8 Å². The highest BCUT2D eigenvalue weighted by atomic mass is 14.8. The van der Waals surface area contributed by atoms with Crippen molar-refractivity contribution in [3.05, 3.63) is 72.4 Å². The van der Waals surface area contributed by atoms with Gasteiger partial charge >= 0.3 is 0 Å². The molecule has 4 rings (SSSR count). The van der Waals surface area contributed by atoms with Gasteiger partial charge in [0, 0.05) is 11.5 Å². The van der Waals surface area contributed by atoms with Crippen molar-refractivity contribution in [3.8, 4) is 0 Å². The van der Waals surface area contributed by atoms with Crippen molar-refractivity contribution in [3.63, 3.8) is 0 Å². The van der Waals surface area contributed by atoms with Gasteiger partial charge in [-0.3, -0.25) is 0 Å². The quantitative estimate of drug-likeness (QED) is 0.590. The smallest absolute Gasteiger partial charge is 0.0264 e. The van der Waals surface area contributed by atoms with Gasteiger partial charge in [-0.05, 0) is 80.4 Å². The van der Waals surface area contributed by atoms with Crippen LogP contribution in [0.3, 0.4) is 0 Å². The van der Waals surface area contributed by atoms with Crippen LogP contribution in [0.15, 0.2) is 55.7 Å². The fourth-order valence-corrected chi connectivity index (χ4v) is 5.64. The molecule has 1 aromatic rings. The molecule has 0 heterocycles. The molecule has 0 bridgehead atoms. The van der Waals surface area contributed by atoms with E-state index < -0.39 is 0 Å². The largest absolute Gasteiger partial charge is 0.324 e. The first kappa shape index (κ1) is 21.7. The second kappa shape index (κ2) is 9.55. The molecule has 4 unspecified atom stereocenters. The predicted octanol–water partition coefficient (Wildman–Crippen LogP) is 6.74. The third-order valence-electron chi connectivity index (χ3n) is 6.92. The van der Waals surface area contributed by atoms with Crippen molar-refractivity contribution in [2.45, 2.75) is 77.2 Å². The van der Waals surface area contributed by atoms with E-state index in [1.807, 2.05) is 19.9 Å². The minimum absolute atomic E-state index is 0.0206. The SMILES string of the molecule is C=C.C=CCCc1ccc2c(c1)CCC1(N)C2CCC2C(C)=CCC21.CC. The summed E-state index contributed by atoms with van der Waals surface area (Å²) in [6.45, 7) is 16.2. The Kier molecular flexibility index (Phi) is 7.68. The average Bonchev–Trinajstić information content (AvgIpc) is 3.11. The van der Waals surface area contributed by atoms with Crippen LogP contribution in [0.4, 0.5) is 0 Å². The van der Waals surface area contributed by atoms with Crippen molar-refractivity contribution < 1.29 is 0 Å². The number of aryl methyl sites for hydroxylation is 2. The molecule has 27 heavy (non-hydrogen) atoms. The number of fused-ring (bicyclic) bond motifs is 5. The van der Waals surface area contributed by atoms with Crippen molar-refractivity contribution in [2.24, 2.45) is 17.6 Å². The van der Waals surface area contributed by atoms with E-state index in [2.05, 4.69) is 50.9 Å². The van der Waals surface area contributed by atoms with Crippen molar-refractivity contribution in [1.82, 2.24) is 0 Å². The van der Waals surface area contributed by atoms with E-state index >= 15 is 0 Å². The van der Waals surface area contributed by atoms with Crippen LogP contribution in [0, 0.1) is 11.8 Å². The first-order valence-corrected chi connectivity index (χ1v) is 10.8. The number of hydrogen-bond donors (Lipinski definition) is 1. The third-order valence-corrected chi connectivity index (χ3v) is 6.92. The van der Waals surface area contributed by atoms with E-state index in [0.717, 1.165) is 31.6 Å². The maximum absolute atomic E-state index is 7.10. The van der Waals surface area contributed by atoms with E-state index in [1.165, 1.54) is 24.8 Å². The summed E-state index contributed by atoms with van der Waals surface area (Å²) >= 11 is 0. The number of rotatable bonds is 3. The molecule has 0 saturated heterocycles. The summed E-state index contributed by atoms with van der Waals surface area (Å²) in [6, 6.07) is 7.18. The molecule has 1 fully saturated rings. The van der Waals surface area contributed by atoms with Crippen LogP contribution in [0.2, 0.25) is 0 Å². The lowest BCUT2D eigenvalue weighted by Gasteiger charge is -2.52. The summed E-state index contributed by atoms with van der Waals surface area (Å²) in [5, 5.41) is 0. The van der Waals surface area contributed by atoms with Crippen LogP contribution in [0.25, 0.3) is 0 Å². The normalized spacial score (nSPS) is 30.2. The maximum Gasteiger partial charge on any atom is 0.0264 e. The zero-order chi connectivity index (χ0) is 20.0. The molecular formula is C26H39N. The summed E-state index contributed by atoms with van der Waals surface area (Å²) in [4.78, 5) is 0. The Labute approximate surface area is 167 Å². The van der Waals surface area contributed by atoms with Crippen LogP contribution in [0.5, 0.6) is 0 Å².